The molecular weight excluding hydrogens is 340 g/mol. The Kier molecular flexibility index (Phi) is 6.11. The maximum absolute atomic E-state index is 12.2. The van der Waals surface area contributed by atoms with Crippen LogP contribution in [0.5, 0.6) is 0 Å². The summed E-state index contributed by atoms with van der Waals surface area (Å²) in [6.07, 6.45) is 2.43. The van der Waals surface area contributed by atoms with Crippen LogP contribution in [-0.4, -0.2) is 56.1 Å². The van der Waals surface area contributed by atoms with Crippen molar-refractivity contribution >= 4 is 23.2 Å². The van der Waals surface area contributed by atoms with E-state index in [-0.39, 0.29) is 5.91 Å². The largest absolute Gasteiger partial charge is 0.378 e. The number of anilines is 3. The molecule has 144 valence electrons. The molecule has 0 atom stereocenters. The number of nitrogens with zero attached hydrogens (tertiary/aromatic N) is 4. The first-order chi connectivity index (χ1) is 13.0. The highest BCUT2D eigenvalue weighted by molar-refractivity contribution is 5.94. The SMILES string of the molecule is Cc1nc(NCCNC(=O)c2ccc(N(C)C)cc2)cc(N2CCCC2)n1. The normalized spacial score (nSPS) is 13.5. The predicted octanol–water partition coefficient (Wildman–Crippen LogP) is 2.29. The third-order valence-electron chi connectivity index (χ3n) is 4.62. The fourth-order valence-electron chi connectivity index (χ4n) is 3.13. The van der Waals surface area contributed by atoms with Gasteiger partial charge in [0.15, 0.2) is 0 Å². The van der Waals surface area contributed by atoms with Gasteiger partial charge in [0.2, 0.25) is 0 Å². The molecule has 3 rings (SSSR count). The van der Waals surface area contributed by atoms with E-state index in [2.05, 4.69) is 25.5 Å². The lowest BCUT2D eigenvalue weighted by Crippen LogP contribution is -2.29. The van der Waals surface area contributed by atoms with Gasteiger partial charge in [0.1, 0.15) is 17.5 Å². The van der Waals surface area contributed by atoms with Crippen LogP contribution in [0.3, 0.4) is 0 Å². The number of hydrogen-bond donors (Lipinski definition) is 2. The monoisotopic (exact) mass is 368 g/mol. The second-order valence-electron chi connectivity index (χ2n) is 6.98. The third-order valence-corrected chi connectivity index (χ3v) is 4.62. The first-order valence-corrected chi connectivity index (χ1v) is 9.43. The van der Waals surface area contributed by atoms with Gasteiger partial charge in [-0.2, -0.15) is 0 Å². The van der Waals surface area contributed by atoms with E-state index in [1.165, 1.54) is 12.8 Å². The molecule has 27 heavy (non-hydrogen) atoms. The molecule has 1 aromatic carbocycles. The molecule has 0 bridgehead atoms. The number of rotatable bonds is 7. The third kappa shape index (κ3) is 5.09. The summed E-state index contributed by atoms with van der Waals surface area (Å²) in [5.41, 5.74) is 1.73. The molecule has 0 aliphatic carbocycles. The minimum atomic E-state index is -0.0706. The molecule has 7 heteroatoms. The first kappa shape index (κ1) is 18.9. The summed E-state index contributed by atoms with van der Waals surface area (Å²) >= 11 is 0. The van der Waals surface area contributed by atoms with E-state index in [0.29, 0.717) is 18.7 Å². The number of aryl methyl sites for hydroxylation is 1. The van der Waals surface area contributed by atoms with Crippen molar-refractivity contribution in [2.24, 2.45) is 0 Å². The molecule has 1 amide bonds. The molecule has 0 spiro atoms. The highest BCUT2D eigenvalue weighted by atomic mass is 16.1. The lowest BCUT2D eigenvalue weighted by Gasteiger charge is -2.18. The molecule has 2 heterocycles. The Morgan fingerprint density at radius 2 is 1.81 bits per heavy atom. The molecule has 0 unspecified atom stereocenters. The van der Waals surface area contributed by atoms with Crippen molar-refractivity contribution < 1.29 is 4.79 Å². The summed E-state index contributed by atoms with van der Waals surface area (Å²) in [7, 11) is 3.95. The second kappa shape index (κ2) is 8.70. The Morgan fingerprint density at radius 3 is 2.48 bits per heavy atom. The maximum Gasteiger partial charge on any atom is 0.251 e. The van der Waals surface area contributed by atoms with Crippen molar-refractivity contribution in [1.29, 1.82) is 0 Å². The van der Waals surface area contributed by atoms with Crippen LogP contribution in [0.15, 0.2) is 30.3 Å². The minimum Gasteiger partial charge on any atom is -0.378 e. The summed E-state index contributed by atoms with van der Waals surface area (Å²) in [4.78, 5) is 25.5. The summed E-state index contributed by atoms with van der Waals surface area (Å²) in [5, 5.41) is 6.21. The molecule has 1 aliphatic rings. The smallest absolute Gasteiger partial charge is 0.251 e. The average molecular weight is 368 g/mol. The van der Waals surface area contributed by atoms with Crippen LogP contribution >= 0.6 is 0 Å². The number of carbonyl (C=O) groups excluding carboxylic acids is 1. The number of benzene rings is 1. The van der Waals surface area contributed by atoms with Crippen molar-refractivity contribution in [3.05, 3.63) is 41.7 Å². The van der Waals surface area contributed by atoms with Gasteiger partial charge in [0.05, 0.1) is 0 Å². The van der Waals surface area contributed by atoms with Crippen LogP contribution in [0, 0.1) is 6.92 Å². The number of nitrogens with one attached hydrogen (secondary N) is 2. The van der Waals surface area contributed by atoms with Crippen LogP contribution in [0.4, 0.5) is 17.3 Å². The van der Waals surface area contributed by atoms with Gasteiger partial charge in [-0.15, -0.1) is 0 Å². The van der Waals surface area contributed by atoms with Gasteiger partial charge in [0.25, 0.3) is 5.91 Å². The van der Waals surface area contributed by atoms with E-state index >= 15 is 0 Å². The van der Waals surface area contributed by atoms with E-state index in [1.807, 2.05) is 56.3 Å². The fourth-order valence-corrected chi connectivity index (χ4v) is 3.13. The maximum atomic E-state index is 12.2. The zero-order valence-corrected chi connectivity index (χ0v) is 16.3. The van der Waals surface area contributed by atoms with Crippen LogP contribution in [0.2, 0.25) is 0 Å². The molecule has 2 N–H and O–H groups in total. The van der Waals surface area contributed by atoms with Crippen molar-refractivity contribution in [2.45, 2.75) is 19.8 Å². The summed E-state index contributed by atoms with van der Waals surface area (Å²) in [6.45, 7) is 5.15. The van der Waals surface area contributed by atoms with E-state index in [9.17, 15) is 4.79 Å². The van der Waals surface area contributed by atoms with Crippen molar-refractivity contribution in [3.63, 3.8) is 0 Å². The molecule has 1 fully saturated rings. The van der Waals surface area contributed by atoms with Crippen LogP contribution in [-0.2, 0) is 0 Å². The zero-order valence-electron chi connectivity index (χ0n) is 16.3. The molecule has 0 radical (unpaired) electrons. The number of carbonyl (C=O) groups is 1. The highest BCUT2D eigenvalue weighted by Gasteiger charge is 2.15. The zero-order chi connectivity index (χ0) is 19.2. The van der Waals surface area contributed by atoms with Gasteiger partial charge >= 0.3 is 0 Å². The van der Waals surface area contributed by atoms with E-state index in [4.69, 9.17) is 0 Å². The predicted molar refractivity (Wildman–Crippen MR) is 110 cm³/mol. The Bertz CT molecular complexity index is 769. The van der Waals surface area contributed by atoms with E-state index in [1.54, 1.807) is 0 Å². The Labute approximate surface area is 160 Å². The molecule has 1 aliphatic heterocycles. The topological polar surface area (TPSA) is 73.4 Å². The van der Waals surface area contributed by atoms with Crippen LogP contribution in [0.1, 0.15) is 29.0 Å². The molecule has 1 saturated heterocycles. The number of amides is 1. The van der Waals surface area contributed by atoms with Gasteiger partial charge in [-0.05, 0) is 44.0 Å². The number of hydrogen-bond acceptors (Lipinski definition) is 6. The molecule has 0 saturated carbocycles. The van der Waals surface area contributed by atoms with Gasteiger partial charge in [-0.3, -0.25) is 4.79 Å². The average Bonchev–Trinajstić information content (AvgIpc) is 3.19. The van der Waals surface area contributed by atoms with Crippen molar-refractivity contribution in [3.8, 4) is 0 Å². The van der Waals surface area contributed by atoms with Gasteiger partial charge in [-0.25, -0.2) is 9.97 Å². The minimum absolute atomic E-state index is 0.0706. The molecule has 7 nitrogen and oxygen atoms in total. The Balaban J connectivity index is 1.49. The molecule has 2 aromatic rings. The summed E-state index contributed by atoms with van der Waals surface area (Å²) < 4.78 is 0. The van der Waals surface area contributed by atoms with Gasteiger partial charge < -0.3 is 20.4 Å². The van der Waals surface area contributed by atoms with Crippen LogP contribution < -0.4 is 20.4 Å². The number of aromatic nitrogens is 2. The van der Waals surface area contributed by atoms with Gasteiger partial charge in [0, 0.05) is 57.6 Å². The second-order valence-corrected chi connectivity index (χ2v) is 6.98. The van der Waals surface area contributed by atoms with Crippen LogP contribution in [0.25, 0.3) is 0 Å². The lowest BCUT2D eigenvalue weighted by atomic mass is 10.2. The summed E-state index contributed by atoms with van der Waals surface area (Å²) in [5.74, 6) is 2.46. The lowest BCUT2D eigenvalue weighted by molar-refractivity contribution is 0.0955. The molecular formula is C20H28N6O. The summed E-state index contributed by atoms with van der Waals surface area (Å²) in [6, 6.07) is 9.55. The standard InChI is InChI=1S/C20H28N6O/c1-15-23-18(14-19(24-15)26-12-4-5-13-26)21-10-11-22-20(27)16-6-8-17(9-7-16)25(2)3/h6-9,14H,4-5,10-13H2,1-3H3,(H,22,27)(H,21,23,24). The Hall–Kier alpha value is -2.83. The van der Waals surface area contributed by atoms with E-state index < -0.39 is 0 Å². The molecule has 1 aromatic heterocycles. The Morgan fingerprint density at radius 1 is 1.11 bits per heavy atom. The fraction of sp³-hybridized carbons (Fsp3) is 0.450. The van der Waals surface area contributed by atoms with E-state index in [0.717, 1.165) is 36.2 Å². The van der Waals surface area contributed by atoms with Gasteiger partial charge in [-0.1, -0.05) is 0 Å². The highest BCUT2D eigenvalue weighted by Crippen LogP contribution is 2.20. The quantitative estimate of drug-likeness (QED) is 0.731. The first-order valence-electron chi connectivity index (χ1n) is 9.43. The van der Waals surface area contributed by atoms with Crippen molar-refractivity contribution in [1.82, 2.24) is 15.3 Å². The van der Waals surface area contributed by atoms with Crippen molar-refractivity contribution in [2.75, 3.05) is 55.4 Å².